The van der Waals surface area contributed by atoms with Crippen LogP contribution >= 0.6 is 11.3 Å². The van der Waals surface area contributed by atoms with Gasteiger partial charge in [0.05, 0.1) is 18.3 Å². The van der Waals surface area contributed by atoms with E-state index in [0.29, 0.717) is 36.0 Å². The number of hydrogen-bond donors (Lipinski definition) is 1. The Balaban J connectivity index is 1.46. The fraction of sp³-hybridized carbons (Fsp3) is 0.188. The number of fused-ring (bicyclic) bond motifs is 1. The van der Waals surface area contributed by atoms with Crippen LogP contribution in [0.15, 0.2) is 41.9 Å². The Hall–Kier alpha value is -2.87. The summed E-state index contributed by atoms with van der Waals surface area (Å²) in [5, 5.41) is 13.9. The first-order valence-corrected chi connectivity index (χ1v) is 8.31. The van der Waals surface area contributed by atoms with Crippen LogP contribution < -0.4 is 14.8 Å². The van der Waals surface area contributed by atoms with Crippen molar-refractivity contribution in [3.05, 3.63) is 53.2 Å². The number of nitrogens with zero attached hydrogens (tertiary/aromatic N) is 3. The predicted octanol–water partition coefficient (Wildman–Crippen LogP) is 2.03. The molecule has 1 amide bonds. The van der Waals surface area contributed by atoms with Gasteiger partial charge in [0.1, 0.15) is 23.9 Å². The van der Waals surface area contributed by atoms with Crippen molar-refractivity contribution < 1.29 is 14.3 Å². The third-order valence-electron chi connectivity index (χ3n) is 3.51. The van der Waals surface area contributed by atoms with Crippen molar-refractivity contribution in [1.29, 1.82) is 0 Å². The molecule has 4 rings (SSSR count). The van der Waals surface area contributed by atoms with Gasteiger partial charge in [-0.1, -0.05) is 11.3 Å². The van der Waals surface area contributed by atoms with Crippen molar-refractivity contribution in [3.63, 3.8) is 0 Å². The first kappa shape index (κ1) is 14.7. The molecule has 1 aromatic carbocycles. The van der Waals surface area contributed by atoms with Crippen molar-refractivity contribution in [2.45, 2.75) is 6.54 Å². The molecule has 7 nitrogen and oxygen atoms in total. The van der Waals surface area contributed by atoms with Crippen LogP contribution in [0.2, 0.25) is 0 Å². The molecule has 0 saturated carbocycles. The SMILES string of the molecule is O=C(NCc1cn(-c2cccs2)nn1)c1cccc2c1OCCO2. The summed E-state index contributed by atoms with van der Waals surface area (Å²) in [4.78, 5) is 12.4. The van der Waals surface area contributed by atoms with Crippen LogP contribution in [0.5, 0.6) is 11.5 Å². The number of thiophene rings is 1. The molecular weight excluding hydrogens is 328 g/mol. The van der Waals surface area contributed by atoms with Gasteiger partial charge >= 0.3 is 0 Å². The lowest BCUT2D eigenvalue weighted by Gasteiger charge is -2.20. The second-order valence-corrected chi connectivity index (χ2v) is 6.04. The molecule has 0 radical (unpaired) electrons. The van der Waals surface area contributed by atoms with Gasteiger partial charge in [-0.25, -0.2) is 4.68 Å². The van der Waals surface area contributed by atoms with E-state index < -0.39 is 0 Å². The normalized spacial score (nSPS) is 12.8. The number of rotatable bonds is 4. The molecule has 0 fully saturated rings. The van der Waals surface area contributed by atoms with Crippen LogP contribution in [0.4, 0.5) is 0 Å². The Bertz CT molecular complexity index is 860. The molecule has 0 spiro atoms. The number of nitrogens with one attached hydrogen (secondary N) is 1. The third kappa shape index (κ3) is 2.83. The van der Waals surface area contributed by atoms with Crippen LogP contribution in [0.25, 0.3) is 5.00 Å². The number of amides is 1. The van der Waals surface area contributed by atoms with Gasteiger partial charge in [0.2, 0.25) is 0 Å². The van der Waals surface area contributed by atoms with Crippen molar-refractivity contribution in [2.24, 2.45) is 0 Å². The van der Waals surface area contributed by atoms with E-state index in [1.807, 2.05) is 17.5 Å². The van der Waals surface area contributed by atoms with Crippen molar-refractivity contribution in [3.8, 4) is 16.5 Å². The molecule has 8 heteroatoms. The zero-order chi connectivity index (χ0) is 16.4. The van der Waals surface area contributed by atoms with Crippen LogP contribution in [0, 0.1) is 0 Å². The highest BCUT2D eigenvalue weighted by Crippen LogP contribution is 2.33. The molecule has 2 aromatic heterocycles. The summed E-state index contributed by atoms with van der Waals surface area (Å²) in [6, 6.07) is 9.18. The molecule has 0 bridgehead atoms. The highest BCUT2D eigenvalue weighted by molar-refractivity contribution is 7.12. The fourth-order valence-corrected chi connectivity index (χ4v) is 3.06. The zero-order valence-electron chi connectivity index (χ0n) is 12.6. The molecule has 1 aliphatic heterocycles. The summed E-state index contributed by atoms with van der Waals surface area (Å²) in [5.74, 6) is 0.851. The standard InChI is InChI=1S/C16H14N4O3S/c21-16(12-3-1-4-13-15(12)23-7-6-22-13)17-9-11-10-20(19-18-11)14-5-2-8-24-14/h1-5,8,10H,6-7,9H2,(H,17,21). The maximum atomic E-state index is 12.4. The minimum absolute atomic E-state index is 0.233. The van der Waals surface area contributed by atoms with Gasteiger partial charge in [0.15, 0.2) is 11.5 Å². The van der Waals surface area contributed by atoms with Gasteiger partial charge in [0, 0.05) is 0 Å². The number of aromatic nitrogens is 3. The summed E-state index contributed by atoms with van der Waals surface area (Å²) < 4.78 is 12.7. The van der Waals surface area contributed by atoms with Gasteiger partial charge in [-0.3, -0.25) is 4.79 Å². The van der Waals surface area contributed by atoms with Crippen molar-refractivity contribution in [1.82, 2.24) is 20.3 Å². The third-order valence-corrected chi connectivity index (χ3v) is 4.37. The van der Waals surface area contributed by atoms with E-state index in [0.717, 1.165) is 5.00 Å². The van der Waals surface area contributed by atoms with Gasteiger partial charge in [-0.2, -0.15) is 0 Å². The smallest absolute Gasteiger partial charge is 0.255 e. The highest BCUT2D eigenvalue weighted by Gasteiger charge is 2.20. The maximum absolute atomic E-state index is 12.4. The quantitative estimate of drug-likeness (QED) is 0.785. The Morgan fingerprint density at radius 3 is 3.04 bits per heavy atom. The number of hydrogen-bond acceptors (Lipinski definition) is 6. The van der Waals surface area contributed by atoms with E-state index in [4.69, 9.17) is 9.47 Å². The van der Waals surface area contributed by atoms with E-state index in [2.05, 4.69) is 15.6 Å². The molecule has 3 aromatic rings. The van der Waals surface area contributed by atoms with Crippen LogP contribution in [0.3, 0.4) is 0 Å². The van der Waals surface area contributed by atoms with E-state index in [9.17, 15) is 4.79 Å². The minimum atomic E-state index is -0.233. The Kier molecular flexibility index (Phi) is 3.87. The average molecular weight is 342 g/mol. The van der Waals surface area contributed by atoms with Gasteiger partial charge in [-0.05, 0) is 29.6 Å². The Labute approximate surface area is 141 Å². The molecule has 3 heterocycles. The highest BCUT2D eigenvalue weighted by atomic mass is 32.1. The molecular formula is C16H14N4O3S. The fourth-order valence-electron chi connectivity index (χ4n) is 2.41. The summed E-state index contributed by atoms with van der Waals surface area (Å²) in [5.41, 5.74) is 1.14. The summed E-state index contributed by atoms with van der Waals surface area (Å²) in [7, 11) is 0. The number of ether oxygens (including phenoxy) is 2. The second kappa shape index (κ2) is 6.32. The molecule has 0 saturated heterocycles. The summed E-state index contributed by atoms with van der Waals surface area (Å²) in [6.07, 6.45) is 1.80. The van der Waals surface area contributed by atoms with Gasteiger partial charge in [0.25, 0.3) is 5.91 Å². The molecule has 0 unspecified atom stereocenters. The molecule has 1 aliphatic rings. The first-order chi connectivity index (χ1) is 11.8. The molecule has 1 N–H and O–H groups in total. The Morgan fingerprint density at radius 1 is 1.25 bits per heavy atom. The second-order valence-electron chi connectivity index (χ2n) is 5.12. The van der Waals surface area contributed by atoms with Crippen molar-refractivity contribution in [2.75, 3.05) is 13.2 Å². The molecule has 0 aliphatic carbocycles. The zero-order valence-corrected chi connectivity index (χ0v) is 13.5. The maximum Gasteiger partial charge on any atom is 0.255 e. The predicted molar refractivity (Wildman–Crippen MR) is 87.8 cm³/mol. The van der Waals surface area contributed by atoms with Crippen molar-refractivity contribution >= 4 is 17.2 Å². The van der Waals surface area contributed by atoms with E-state index in [1.54, 1.807) is 40.4 Å². The first-order valence-electron chi connectivity index (χ1n) is 7.43. The van der Waals surface area contributed by atoms with E-state index in [-0.39, 0.29) is 12.5 Å². The van der Waals surface area contributed by atoms with Gasteiger partial charge in [-0.15, -0.1) is 16.4 Å². The van der Waals surface area contributed by atoms with Crippen LogP contribution in [-0.2, 0) is 6.54 Å². The lowest BCUT2D eigenvalue weighted by Crippen LogP contribution is -2.25. The number of benzene rings is 1. The average Bonchev–Trinajstić information content (AvgIpc) is 3.30. The number of carbonyl (C=O) groups excluding carboxylic acids is 1. The van der Waals surface area contributed by atoms with E-state index >= 15 is 0 Å². The monoisotopic (exact) mass is 342 g/mol. The van der Waals surface area contributed by atoms with Crippen LogP contribution in [-0.4, -0.2) is 34.1 Å². The summed E-state index contributed by atoms with van der Waals surface area (Å²) >= 11 is 1.57. The minimum Gasteiger partial charge on any atom is -0.486 e. The number of carbonyl (C=O) groups is 1. The largest absolute Gasteiger partial charge is 0.486 e. The summed E-state index contributed by atoms with van der Waals surface area (Å²) in [6.45, 7) is 1.21. The topological polar surface area (TPSA) is 78.3 Å². The van der Waals surface area contributed by atoms with Gasteiger partial charge < -0.3 is 14.8 Å². The molecule has 24 heavy (non-hydrogen) atoms. The lowest BCUT2D eigenvalue weighted by molar-refractivity contribution is 0.0939. The Morgan fingerprint density at radius 2 is 2.17 bits per heavy atom. The molecule has 122 valence electrons. The number of para-hydroxylation sites is 1. The van der Waals surface area contributed by atoms with Crippen LogP contribution in [0.1, 0.15) is 16.1 Å². The lowest BCUT2D eigenvalue weighted by atomic mass is 10.1. The van der Waals surface area contributed by atoms with E-state index in [1.165, 1.54) is 0 Å². The molecule has 0 atom stereocenters.